The van der Waals surface area contributed by atoms with Crippen LogP contribution >= 0.6 is 0 Å². The maximum atomic E-state index is 9.38. The Morgan fingerprint density at radius 1 is 1.54 bits per heavy atom. The number of aliphatic hydroxyl groups excluding tert-OH is 2. The van der Waals surface area contributed by atoms with Crippen LogP contribution in [0.15, 0.2) is 0 Å². The average Bonchev–Trinajstić information content (AvgIpc) is 2.17. The zero-order valence-electron chi connectivity index (χ0n) is 8.31. The van der Waals surface area contributed by atoms with Crippen LogP contribution < -0.4 is 0 Å². The molecule has 4 nitrogen and oxygen atoms in total. The summed E-state index contributed by atoms with van der Waals surface area (Å²) in [5.41, 5.74) is 0. The molecule has 0 unspecified atom stereocenters. The van der Waals surface area contributed by atoms with Gasteiger partial charge in [0.2, 0.25) is 0 Å². The summed E-state index contributed by atoms with van der Waals surface area (Å²) in [6, 6.07) is 0.470. The number of hydrogen-bond donors (Lipinski definition) is 2. The summed E-state index contributed by atoms with van der Waals surface area (Å²) in [7, 11) is 0. The minimum absolute atomic E-state index is 0.226. The number of aliphatic hydroxyl groups is 2. The van der Waals surface area contributed by atoms with E-state index in [1.807, 2.05) is 0 Å². The molecule has 0 bridgehead atoms. The molecule has 1 fully saturated rings. The lowest BCUT2D eigenvalue weighted by Gasteiger charge is -2.36. The largest absolute Gasteiger partial charge is 0.394 e. The van der Waals surface area contributed by atoms with Gasteiger partial charge < -0.3 is 14.9 Å². The van der Waals surface area contributed by atoms with Crippen LogP contribution in [0.4, 0.5) is 0 Å². The van der Waals surface area contributed by atoms with E-state index in [-0.39, 0.29) is 12.7 Å². The molecule has 78 valence electrons. The maximum Gasteiger partial charge on any atom is 0.104 e. The van der Waals surface area contributed by atoms with Crippen molar-refractivity contribution in [3.05, 3.63) is 0 Å². The molecular weight excluding hydrogens is 170 g/mol. The highest BCUT2D eigenvalue weighted by atomic mass is 16.5. The molecule has 4 heteroatoms. The van der Waals surface area contributed by atoms with Crippen molar-refractivity contribution in [2.75, 3.05) is 26.3 Å². The van der Waals surface area contributed by atoms with Gasteiger partial charge >= 0.3 is 0 Å². The zero-order chi connectivity index (χ0) is 9.84. The Kier molecular flexibility index (Phi) is 4.12. The summed E-state index contributed by atoms with van der Waals surface area (Å²) in [6.07, 6.45) is -0.984. The lowest BCUT2D eigenvalue weighted by atomic mass is 10.1. The van der Waals surface area contributed by atoms with Crippen LogP contribution in [0.25, 0.3) is 0 Å². The van der Waals surface area contributed by atoms with E-state index in [4.69, 9.17) is 9.84 Å². The Bertz CT molecular complexity index is 152. The van der Waals surface area contributed by atoms with Gasteiger partial charge in [0.15, 0.2) is 0 Å². The molecule has 2 N–H and O–H groups in total. The molecule has 0 aromatic carbocycles. The quantitative estimate of drug-likeness (QED) is 0.625. The SMILES string of the molecule is CC(C)N1CCO[C@@H]([C@H](O)CO)C1. The van der Waals surface area contributed by atoms with Gasteiger partial charge in [0.25, 0.3) is 0 Å². The highest BCUT2D eigenvalue weighted by Gasteiger charge is 2.27. The predicted molar refractivity (Wildman–Crippen MR) is 49.5 cm³/mol. The molecular formula is C9H19NO3. The van der Waals surface area contributed by atoms with E-state index in [0.717, 1.165) is 6.54 Å². The van der Waals surface area contributed by atoms with Gasteiger partial charge in [-0.25, -0.2) is 0 Å². The Balaban J connectivity index is 2.41. The third-order valence-corrected chi connectivity index (χ3v) is 2.47. The van der Waals surface area contributed by atoms with Crippen LogP contribution in [0.3, 0.4) is 0 Å². The Morgan fingerprint density at radius 3 is 2.77 bits per heavy atom. The van der Waals surface area contributed by atoms with E-state index < -0.39 is 6.10 Å². The van der Waals surface area contributed by atoms with E-state index >= 15 is 0 Å². The van der Waals surface area contributed by atoms with E-state index in [2.05, 4.69) is 18.7 Å². The number of hydrogen-bond acceptors (Lipinski definition) is 4. The second-order valence-corrected chi connectivity index (χ2v) is 3.75. The molecule has 0 aromatic rings. The zero-order valence-corrected chi connectivity index (χ0v) is 8.31. The third-order valence-electron chi connectivity index (χ3n) is 2.47. The van der Waals surface area contributed by atoms with Crippen LogP contribution in [0, 0.1) is 0 Å². The fourth-order valence-corrected chi connectivity index (χ4v) is 1.52. The van der Waals surface area contributed by atoms with Crippen molar-refractivity contribution in [2.24, 2.45) is 0 Å². The summed E-state index contributed by atoms with van der Waals surface area (Å²) in [4.78, 5) is 2.24. The monoisotopic (exact) mass is 189 g/mol. The van der Waals surface area contributed by atoms with Crippen LogP contribution in [-0.2, 0) is 4.74 Å². The first-order chi connectivity index (χ1) is 6.15. The molecule has 1 heterocycles. The van der Waals surface area contributed by atoms with Gasteiger partial charge in [0.1, 0.15) is 6.10 Å². The predicted octanol–water partition coefficient (Wildman–Crippen LogP) is -0.551. The van der Waals surface area contributed by atoms with Gasteiger partial charge in [0, 0.05) is 19.1 Å². The van der Waals surface area contributed by atoms with Gasteiger partial charge in [0.05, 0.1) is 19.3 Å². The fraction of sp³-hybridized carbons (Fsp3) is 1.00. The molecule has 0 aromatic heterocycles. The third kappa shape index (κ3) is 2.91. The number of ether oxygens (including phenoxy) is 1. The first-order valence-electron chi connectivity index (χ1n) is 4.79. The molecule has 0 saturated carbocycles. The molecule has 0 radical (unpaired) electrons. The average molecular weight is 189 g/mol. The summed E-state index contributed by atoms with van der Waals surface area (Å²) < 4.78 is 5.36. The molecule has 1 rings (SSSR count). The van der Waals surface area contributed by atoms with Crippen molar-refractivity contribution in [1.29, 1.82) is 0 Å². The van der Waals surface area contributed by atoms with Gasteiger partial charge in [-0.3, -0.25) is 4.90 Å². The second-order valence-electron chi connectivity index (χ2n) is 3.75. The molecule has 0 aliphatic carbocycles. The van der Waals surface area contributed by atoms with E-state index in [0.29, 0.717) is 19.2 Å². The summed E-state index contributed by atoms with van der Waals surface area (Å²) in [5, 5.41) is 18.1. The lowest BCUT2D eigenvalue weighted by molar-refractivity contribution is -0.106. The standard InChI is InChI=1S/C9H19NO3/c1-7(2)10-3-4-13-9(5-10)8(12)6-11/h7-9,11-12H,3-6H2,1-2H3/t8-,9-/m1/s1. The van der Waals surface area contributed by atoms with Crippen molar-refractivity contribution < 1.29 is 14.9 Å². The Morgan fingerprint density at radius 2 is 2.23 bits per heavy atom. The first-order valence-corrected chi connectivity index (χ1v) is 4.79. The summed E-state index contributed by atoms with van der Waals surface area (Å²) in [5.74, 6) is 0. The van der Waals surface area contributed by atoms with Crippen molar-refractivity contribution >= 4 is 0 Å². The number of rotatable bonds is 3. The molecule has 0 amide bonds. The topological polar surface area (TPSA) is 52.9 Å². The first kappa shape index (κ1) is 10.9. The summed E-state index contributed by atoms with van der Waals surface area (Å²) in [6.45, 7) is 6.27. The van der Waals surface area contributed by atoms with Crippen LogP contribution in [0.1, 0.15) is 13.8 Å². The number of morpholine rings is 1. The minimum Gasteiger partial charge on any atom is -0.394 e. The second kappa shape index (κ2) is 4.91. The molecule has 1 aliphatic rings. The van der Waals surface area contributed by atoms with E-state index in [1.165, 1.54) is 0 Å². The fourth-order valence-electron chi connectivity index (χ4n) is 1.52. The highest BCUT2D eigenvalue weighted by Crippen LogP contribution is 2.11. The van der Waals surface area contributed by atoms with Crippen molar-refractivity contribution in [1.82, 2.24) is 4.90 Å². The van der Waals surface area contributed by atoms with Crippen LogP contribution in [0.5, 0.6) is 0 Å². The smallest absolute Gasteiger partial charge is 0.104 e. The maximum absolute atomic E-state index is 9.38. The molecule has 13 heavy (non-hydrogen) atoms. The Labute approximate surface area is 79.1 Å². The molecule has 1 aliphatic heterocycles. The number of nitrogens with zero attached hydrogens (tertiary/aromatic N) is 1. The van der Waals surface area contributed by atoms with Crippen molar-refractivity contribution in [3.8, 4) is 0 Å². The highest BCUT2D eigenvalue weighted by molar-refractivity contribution is 4.78. The van der Waals surface area contributed by atoms with Crippen molar-refractivity contribution in [2.45, 2.75) is 32.1 Å². The van der Waals surface area contributed by atoms with Gasteiger partial charge in [-0.15, -0.1) is 0 Å². The molecule has 2 atom stereocenters. The van der Waals surface area contributed by atoms with Gasteiger partial charge in [-0.05, 0) is 13.8 Å². The Hall–Kier alpha value is -0.160. The normalized spacial score (nSPS) is 27.9. The molecule has 0 spiro atoms. The lowest BCUT2D eigenvalue weighted by Crippen LogP contribution is -2.50. The van der Waals surface area contributed by atoms with E-state index in [1.54, 1.807) is 0 Å². The van der Waals surface area contributed by atoms with E-state index in [9.17, 15) is 5.11 Å². The van der Waals surface area contributed by atoms with Gasteiger partial charge in [-0.2, -0.15) is 0 Å². The molecule has 1 saturated heterocycles. The minimum atomic E-state index is -0.749. The summed E-state index contributed by atoms with van der Waals surface area (Å²) >= 11 is 0. The van der Waals surface area contributed by atoms with Crippen molar-refractivity contribution in [3.63, 3.8) is 0 Å². The van der Waals surface area contributed by atoms with Crippen LogP contribution in [-0.4, -0.2) is 59.7 Å². The van der Waals surface area contributed by atoms with Crippen LogP contribution in [0.2, 0.25) is 0 Å². The van der Waals surface area contributed by atoms with Gasteiger partial charge in [-0.1, -0.05) is 0 Å².